The number of oxime groups is 1. The monoisotopic (exact) mass is 673 g/mol. The minimum Gasteiger partial charge on any atom is -0.477 e. The summed E-state index contributed by atoms with van der Waals surface area (Å²) in [6, 6.07) is -1.04. The number of thioether (sulfide) groups is 2. The van der Waals surface area contributed by atoms with Gasteiger partial charge >= 0.3 is 11.9 Å². The number of nitrogens with one attached hydrogen (secondary N) is 1. The van der Waals surface area contributed by atoms with Crippen LogP contribution in [-0.4, -0.2) is 89.8 Å². The van der Waals surface area contributed by atoms with Gasteiger partial charge in [0.25, 0.3) is 11.8 Å². The maximum Gasteiger partial charge on any atom is 0.352 e. The van der Waals surface area contributed by atoms with Crippen molar-refractivity contribution in [1.82, 2.24) is 25.4 Å². The lowest BCUT2D eigenvalue weighted by Gasteiger charge is -2.49. The third kappa shape index (κ3) is 7.60. The number of carbonyl (C=O) groups is 4. The van der Waals surface area contributed by atoms with Gasteiger partial charge < -0.3 is 25.7 Å². The molecular formula is C23H24ClN7O7S4. The van der Waals surface area contributed by atoms with Crippen LogP contribution in [0.25, 0.3) is 0 Å². The molecule has 2 aromatic rings. The van der Waals surface area contributed by atoms with E-state index in [1.54, 1.807) is 26.3 Å². The van der Waals surface area contributed by atoms with Gasteiger partial charge in [0.2, 0.25) is 0 Å². The van der Waals surface area contributed by atoms with Gasteiger partial charge in [-0.1, -0.05) is 51.2 Å². The first-order valence-corrected chi connectivity index (χ1v) is 16.1. The summed E-state index contributed by atoms with van der Waals surface area (Å²) in [5, 5.41) is 23.4. The van der Waals surface area contributed by atoms with Crippen LogP contribution >= 0.6 is 57.8 Å². The second kappa shape index (κ2) is 13.4. The van der Waals surface area contributed by atoms with E-state index in [0.717, 1.165) is 17.4 Å². The number of carbonyl (C=O) groups excluding carboxylic acids is 3. The van der Waals surface area contributed by atoms with E-state index in [9.17, 15) is 24.3 Å². The highest BCUT2D eigenvalue weighted by atomic mass is 35.5. The number of anilines is 1. The van der Waals surface area contributed by atoms with Crippen LogP contribution in [0.2, 0.25) is 4.34 Å². The number of carboxylic acid groups (broad SMARTS) is 1. The molecule has 2 aliphatic rings. The van der Waals surface area contributed by atoms with Crippen molar-refractivity contribution in [2.24, 2.45) is 5.16 Å². The van der Waals surface area contributed by atoms with E-state index in [1.165, 1.54) is 45.8 Å². The Morgan fingerprint density at radius 3 is 2.76 bits per heavy atom. The number of halogens is 1. The summed E-state index contributed by atoms with van der Waals surface area (Å²) in [4.78, 5) is 60.8. The van der Waals surface area contributed by atoms with Gasteiger partial charge in [-0.05, 0) is 32.4 Å². The van der Waals surface area contributed by atoms with Crippen LogP contribution in [0.5, 0.6) is 0 Å². The fourth-order valence-corrected chi connectivity index (χ4v) is 7.56. The Morgan fingerprint density at radius 1 is 1.38 bits per heavy atom. The summed E-state index contributed by atoms with van der Waals surface area (Å²) in [5.41, 5.74) is 6.67. The lowest BCUT2D eigenvalue weighted by molar-refractivity contribution is -0.150. The average Bonchev–Trinajstić information content (AvgIpc) is 3.55. The fourth-order valence-electron chi connectivity index (χ4n) is 3.66. The number of nitrogens with two attached hydrogens (primary N) is 1. The number of rotatable bonds is 11. The molecule has 2 atom stereocenters. The molecule has 0 saturated carbocycles. The fraction of sp³-hybridized carbons (Fsp3) is 0.391. The molecule has 1 unspecified atom stereocenters. The molecule has 224 valence electrons. The topological polar surface area (TPSA) is 199 Å². The van der Waals surface area contributed by atoms with Crippen molar-refractivity contribution >= 4 is 92.4 Å². The molecule has 4 heterocycles. The quantitative estimate of drug-likeness (QED) is 0.0598. The Morgan fingerprint density at radius 2 is 2.14 bits per heavy atom. The number of thiazole rings is 1. The van der Waals surface area contributed by atoms with Gasteiger partial charge in [0.1, 0.15) is 44.9 Å². The largest absolute Gasteiger partial charge is 0.477 e. The molecule has 4 rings (SSSR count). The number of nitrogen functional groups attached to an aromatic ring is 1. The zero-order valence-electron chi connectivity index (χ0n) is 22.2. The first-order chi connectivity index (χ1) is 19.9. The minimum atomic E-state index is -1.24. The highest BCUT2D eigenvalue weighted by Gasteiger charge is 2.54. The Balaban J connectivity index is 1.46. The van der Waals surface area contributed by atoms with Crippen molar-refractivity contribution in [2.75, 3.05) is 23.8 Å². The Hall–Kier alpha value is -3.19. The Kier molecular flexibility index (Phi) is 10.1. The molecule has 19 heteroatoms. The average molecular weight is 674 g/mol. The highest BCUT2D eigenvalue weighted by molar-refractivity contribution is 8.01. The van der Waals surface area contributed by atoms with Crippen LogP contribution < -0.4 is 11.1 Å². The summed E-state index contributed by atoms with van der Waals surface area (Å²) >= 11 is 11.1. The lowest BCUT2D eigenvalue weighted by atomic mass is 10.0. The van der Waals surface area contributed by atoms with Crippen molar-refractivity contribution < 1.29 is 33.9 Å². The summed E-state index contributed by atoms with van der Waals surface area (Å²) in [6.07, 6.45) is 2.50. The number of amides is 2. The molecule has 1 fully saturated rings. The summed E-state index contributed by atoms with van der Waals surface area (Å²) in [5.74, 6) is -2.62. The van der Waals surface area contributed by atoms with Gasteiger partial charge in [-0.2, -0.15) is 0 Å². The van der Waals surface area contributed by atoms with E-state index in [-0.39, 0.29) is 33.2 Å². The molecule has 14 nitrogen and oxygen atoms in total. The van der Waals surface area contributed by atoms with Gasteiger partial charge in [0.05, 0.1) is 0 Å². The first-order valence-electron chi connectivity index (χ1n) is 12.0. The standard InChI is InChI=1S/C23H24ClN7O7S4/c1-23(2,3)38-11(32)5-4-6-37-30-13(12-16(24)42-21(25)28-12)17(33)27-14-18(34)31-15(20(35)36)10(7-39-19(14)31)8-40-22-29-26-9-41-22/h4-5,9,14,19H,6-8H2,1-3H3,(H2,25,28)(H,27,33)(H,35,36)/t14?,19-/m1/s1. The minimum absolute atomic E-state index is 0.0603. The molecule has 0 aliphatic carbocycles. The predicted molar refractivity (Wildman–Crippen MR) is 159 cm³/mol. The van der Waals surface area contributed by atoms with E-state index in [1.807, 2.05) is 0 Å². The van der Waals surface area contributed by atoms with Crippen LogP contribution in [0, 0.1) is 0 Å². The predicted octanol–water partition coefficient (Wildman–Crippen LogP) is 2.38. The number of hydrogen-bond acceptors (Lipinski definition) is 15. The number of carboxylic acids is 1. The zero-order chi connectivity index (χ0) is 30.6. The lowest BCUT2D eigenvalue weighted by Crippen LogP contribution is -2.71. The number of ether oxygens (including phenoxy) is 1. The van der Waals surface area contributed by atoms with Gasteiger partial charge in [-0.3, -0.25) is 14.5 Å². The molecule has 0 spiro atoms. The van der Waals surface area contributed by atoms with Gasteiger partial charge in [0.15, 0.2) is 15.2 Å². The van der Waals surface area contributed by atoms with Crippen LogP contribution in [0.15, 0.2) is 38.4 Å². The number of fused-ring (bicyclic) bond motifs is 1. The second-order valence-corrected chi connectivity index (χ2v) is 14.3. The summed E-state index contributed by atoms with van der Waals surface area (Å²) < 4.78 is 5.90. The van der Waals surface area contributed by atoms with Crippen molar-refractivity contribution in [1.29, 1.82) is 0 Å². The molecule has 2 aliphatic heterocycles. The zero-order valence-corrected chi connectivity index (χ0v) is 26.3. The van der Waals surface area contributed by atoms with Crippen molar-refractivity contribution in [2.45, 2.75) is 42.1 Å². The number of nitrogens with zero attached hydrogens (tertiary/aromatic N) is 5. The summed E-state index contributed by atoms with van der Waals surface area (Å²) in [7, 11) is 0. The molecular weight excluding hydrogens is 650 g/mol. The molecule has 0 aromatic carbocycles. The third-order valence-corrected chi connectivity index (χ3v) is 9.65. The molecule has 2 amide bonds. The Labute approximate surface area is 260 Å². The van der Waals surface area contributed by atoms with Crippen LogP contribution in [-0.2, 0) is 28.8 Å². The molecule has 0 bridgehead atoms. The Bertz CT molecular complexity index is 1470. The number of hydrogen-bond donors (Lipinski definition) is 3. The molecule has 42 heavy (non-hydrogen) atoms. The maximum absolute atomic E-state index is 13.3. The smallest absolute Gasteiger partial charge is 0.352 e. The molecule has 0 radical (unpaired) electrons. The highest BCUT2D eigenvalue weighted by Crippen LogP contribution is 2.41. The molecule has 2 aromatic heterocycles. The normalized spacial score (nSPS) is 19.0. The van der Waals surface area contributed by atoms with Crippen molar-refractivity contribution in [3.8, 4) is 0 Å². The SMILES string of the molecule is CC(C)(C)OC(=O)C=CCON=C(C(=O)NC1C(=O)N2C(C(=O)O)=C(CSc3nncs3)CS[C@H]12)c1nc(N)sc1Cl. The maximum atomic E-state index is 13.3. The van der Waals surface area contributed by atoms with Gasteiger partial charge in [0, 0.05) is 17.6 Å². The number of β-lactam (4-membered cyclic amide) rings is 1. The molecule has 1 saturated heterocycles. The van der Waals surface area contributed by atoms with E-state index in [4.69, 9.17) is 26.9 Å². The van der Waals surface area contributed by atoms with Crippen LogP contribution in [0.3, 0.4) is 0 Å². The van der Waals surface area contributed by atoms with E-state index < -0.39 is 40.8 Å². The number of aromatic nitrogens is 3. The van der Waals surface area contributed by atoms with E-state index in [2.05, 4.69) is 25.7 Å². The third-order valence-electron chi connectivity index (χ3n) is 5.28. The first kappa shape index (κ1) is 31.7. The number of aliphatic carboxylic acids is 1. The van der Waals surface area contributed by atoms with E-state index in [0.29, 0.717) is 21.4 Å². The van der Waals surface area contributed by atoms with Crippen molar-refractivity contribution in [3.05, 3.63) is 39.0 Å². The molecule has 4 N–H and O–H groups in total. The van der Waals surface area contributed by atoms with Gasteiger partial charge in [-0.25, -0.2) is 14.6 Å². The van der Waals surface area contributed by atoms with Crippen LogP contribution in [0.4, 0.5) is 5.13 Å². The number of esters is 1. The van der Waals surface area contributed by atoms with Gasteiger partial charge in [-0.15, -0.1) is 22.0 Å². The summed E-state index contributed by atoms with van der Waals surface area (Å²) in [6.45, 7) is 4.98. The van der Waals surface area contributed by atoms with Crippen molar-refractivity contribution in [3.63, 3.8) is 0 Å². The second-order valence-electron chi connectivity index (χ2n) is 9.46. The van der Waals surface area contributed by atoms with E-state index >= 15 is 0 Å². The van der Waals surface area contributed by atoms with Crippen LogP contribution in [0.1, 0.15) is 26.5 Å².